The number of carbonyl (C=O) groups excluding carboxylic acids is 1. The van der Waals surface area contributed by atoms with Crippen LogP contribution in [0.3, 0.4) is 0 Å². The minimum absolute atomic E-state index is 0.178. The Balaban J connectivity index is 1.61. The summed E-state index contributed by atoms with van der Waals surface area (Å²) in [5.74, 6) is 0.200. The van der Waals surface area contributed by atoms with Gasteiger partial charge in [-0.05, 0) is 24.3 Å². The van der Waals surface area contributed by atoms with Crippen LogP contribution < -0.4 is 4.90 Å². The van der Waals surface area contributed by atoms with E-state index in [4.69, 9.17) is 5.11 Å². The normalized spacial score (nSPS) is 15.0. The van der Waals surface area contributed by atoms with Gasteiger partial charge in [-0.1, -0.05) is 36.4 Å². The highest BCUT2D eigenvalue weighted by molar-refractivity contribution is 5.77. The number of nitrogens with zero attached hydrogens (tertiary/aromatic N) is 3. The summed E-state index contributed by atoms with van der Waals surface area (Å²) in [7, 11) is 0. The molecule has 0 radical (unpaired) electrons. The average molecular weight is 353 g/mol. The Morgan fingerprint density at radius 3 is 1.92 bits per heavy atom. The van der Waals surface area contributed by atoms with E-state index < -0.39 is 0 Å². The molecule has 0 spiro atoms. The molecule has 1 aliphatic rings. The quantitative estimate of drug-likeness (QED) is 0.830. The molecule has 138 valence electrons. The van der Waals surface area contributed by atoms with Crippen LogP contribution in [0.25, 0.3) is 0 Å². The SMILES string of the molecule is O=C(CCN(c1ccccc1)c1ccccc1)N1CCN(CCO)CC1. The van der Waals surface area contributed by atoms with Crippen molar-refractivity contribution in [2.75, 3.05) is 50.8 Å². The minimum Gasteiger partial charge on any atom is -0.395 e. The summed E-state index contributed by atoms with van der Waals surface area (Å²) in [5.41, 5.74) is 2.19. The smallest absolute Gasteiger partial charge is 0.224 e. The molecule has 5 heteroatoms. The molecule has 3 rings (SSSR count). The molecule has 0 bridgehead atoms. The van der Waals surface area contributed by atoms with E-state index in [1.807, 2.05) is 41.3 Å². The first-order valence-electron chi connectivity index (χ1n) is 9.26. The van der Waals surface area contributed by atoms with Crippen LogP contribution >= 0.6 is 0 Å². The number of carbonyl (C=O) groups is 1. The van der Waals surface area contributed by atoms with E-state index in [2.05, 4.69) is 34.1 Å². The summed E-state index contributed by atoms with van der Waals surface area (Å²) in [6.45, 7) is 4.70. The molecule has 1 heterocycles. The zero-order valence-corrected chi connectivity index (χ0v) is 15.1. The highest BCUT2D eigenvalue weighted by atomic mass is 16.3. The number of para-hydroxylation sites is 2. The van der Waals surface area contributed by atoms with Crippen LogP contribution in [-0.4, -0.2) is 66.7 Å². The molecule has 26 heavy (non-hydrogen) atoms. The second kappa shape index (κ2) is 9.36. The van der Waals surface area contributed by atoms with Crippen molar-refractivity contribution < 1.29 is 9.90 Å². The average Bonchev–Trinajstić information content (AvgIpc) is 2.70. The molecule has 0 atom stereocenters. The van der Waals surface area contributed by atoms with Crippen LogP contribution in [0.4, 0.5) is 11.4 Å². The maximum Gasteiger partial charge on any atom is 0.224 e. The molecule has 1 fully saturated rings. The number of piperazine rings is 1. The molecule has 2 aromatic carbocycles. The molecular weight excluding hydrogens is 326 g/mol. The number of benzene rings is 2. The molecule has 1 N–H and O–H groups in total. The number of β-amino-alcohol motifs (C(OH)–C–C–N with tert-alkyl or cyclic N) is 1. The number of amides is 1. The van der Waals surface area contributed by atoms with Crippen molar-refractivity contribution in [1.29, 1.82) is 0 Å². The summed E-state index contributed by atoms with van der Waals surface area (Å²) in [6.07, 6.45) is 0.490. The molecule has 1 amide bonds. The molecule has 2 aromatic rings. The fourth-order valence-corrected chi connectivity index (χ4v) is 3.35. The third-order valence-corrected chi connectivity index (χ3v) is 4.83. The van der Waals surface area contributed by atoms with Gasteiger partial charge in [-0.15, -0.1) is 0 Å². The van der Waals surface area contributed by atoms with E-state index in [0.29, 0.717) is 19.5 Å². The fraction of sp³-hybridized carbons (Fsp3) is 0.381. The third kappa shape index (κ3) is 4.84. The van der Waals surface area contributed by atoms with Crippen molar-refractivity contribution in [1.82, 2.24) is 9.80 Å². The Morgan fingerprint density at radius 2 is 1.42 bits per heavy atom. The van der Waals surface area contributed by atoms with E-state index in [-0.39, 0.29) is 12.5 Å². The molecule has 1 aliphatic heterocycles. The highest BCUT2D eigenvalue weighted by Gasteiger charge is 2.21. The van der Waals surface area contributed by atoms with E-state index in [1.165, 1.54) is 0 Å². The lowest BCUT2D eigenvalue weighted by molar-refractivity contribution is -0.132. The standard InChI is InChI=1S/C21H27N3O2/c25-18-17-22-13-15-23(16-14-22)21(26)11-12-24(19-7-3-1-4-8-19)20-9-5-2-6-10-20/h1-10,25H,11-18H2. The van der Waals surface area contributed by atoms with Crippen molar-refractivity contribution >= 4 is 17.3 Å². The van der Waals surface area contributed by atoms with E-state index >= 15 is 0 Å². The van der Waals surface area contributed by atoms with Crippen molar-refractivity contribution in [3.05, 3.63) is 60.7 Å². The van der Waals surface area contributed by atoms with Gasteiger partial charge in [-0.25, -0.2) is 0 Å². The summed E-state index contributed by atoms with van der Waals surface area (Å²) in [5, 5.41) is 9.03. The van der Waals surface area contributed by atoms with E-state index in [1.54, 1.807) is 0 Å². The predicted molar refractivity (Wildman–Crippen MR) is 105 cm³/mol. The van der Waals surface area contributed by atoms with Crippen molar-refractivity contribution in [2.24, 2.45) is 0 Å². The van der Waals surface area contributed by atoms with E-state index in [0.717, 1.165) is 37.6 Å². The summed E-state index contributed by atoms with van der Waals surface area (Å²) >= 11 is 0. The number of aliphatic hydroxyl groups is 1. The van der Waals surface area contributed by atoms with Crippen LogP contribution in [0.5, 0.6) is 0 Å². The largest absolute Gasteiger partial charge is 0.395 e. The number of hydrogen-bond acceptors (Lipinski definition) is 4. The number of aliphatic hydroxyl groups excluding tert-OH is 1. The lowest BCUT2D eigenvalue weighted by Gasteiger charge is -2.35. The van der Waals surface area contributed by atoms with Crippen LogP contribution in [0, 0.1) is 0 Å². The number of hydrogen-bond donors (Lipinski definition) is 1. The van der Waals surface area contributed by atoms with Gasteiger partial charge in [0.2, 0.25) is 5.91 Å². The second-order valence-electron chi connectivity index (χ2n) is 6.52. The summed E-state index contributed by atoms with van der Waals surface area (Å²) in [6, 6.07) is 20.4. The molecule has 0 saturated carbocycles. The van der Waals surface area contributed by atoms with Gasteiger partial charge < -0.3 is 14.9 Å². The van der Waals surface area contributed by atoms with Crippen molar-refractivity contribution in [2.45, 2.75) is 6.42 Å². The van der Waals surface area contributed by atoms with Gasteiger partial charge in [-0.2, -0.15) is 0 Å². The lowest BCUT2D eigenvalue weighted by Crippen LogP contribution is -2.49. The van der Waals surface area contributed by atoms with Crippen LogP contribution in [-0.2, 0) is 4.79 Å². The van der Waals surface area contributed by atoms with Gasteiger partial charge in [0.1, 0.15) is 0 Å². The number of rotatable bonds is 7. The first-order chi connectivity index (χ1) is 12.8. The van der Waals surface area contributed by atoms with Gasteiger partial charge in [0.15, 0.2) is 0 Å². The van der Waals surface area contributed by atoms with Gasteiger partial charge in [0, 0.05) is 57.1 Å². The van der Waals surface area contributed by atoms with Crippen LogP contribution in [0.15, 0.2) is 60.7 Å². The molecule has 0 unspecified atom stereocenters. The Hall–Kier alpha value is -2.37. The predicted octanol–water partition coefficient (Wildman–Crippen LogP) is 2.35. The van der Waals surface area contributed by atoms with Crippen molar-refractivity contribution in [3.63, 3.8) is 0 Å². The number of anilines is 2. The van der Waals surface area contributed by atoms with E-state index in [9.17, 15) is 4.79 Å². The Kier molecular flexibility index (Phi) is 6.63. The first kappa shape index (κ1) is 18.4. The Morgan fingerprint density at radius 1 is 0.885 bits per heavy atom. The van der Waals surface area contributed by atoms with Gasteiger partial charge in [-0.3, -0.25) is 9.69 Å². The molecular formula is C21H27N3O2. The van der Waals surface area contributed by atoms with Crippen molar-refractivity contribution in [3.8, 4) is 0 Å². The van der Waals surface area contributed by atoms with Gasteiger partial charge in [0.25, 0.3) is 0 Å². The maximum absolute atomic E-state index is 12.7. The molecule has 5 nitrogen and oxygen atoms in total. The van der Waals surface area contributed by atoms with Crippen LogP contribution in [0.2, 0.25) is 0 Å². The molecule has 0 aliphatic carbocycles. The maximum atomic E-state index is 12.7. The first-order valence-corrected chi connectivity index (χ1v) is 9.26. The van der Waals surface area contributed by atoms with Gasteiger partial charge in [0.05, 0.1) is 6.61 Å². The fourth-order valence-electron chi connectivity index (χ4n) is 3.35. The minimum atomic E-state index is 0.178. The molecule has 1 saturated heterocycles. The monoisotopic (exact) mass is 353 g/mol. The zero-order valence-electron chi connectivity index (χ0n) is 15.1. The van der Waals surface area contributed by atoms with Crippen LogP contribution in [0.1, 0.15) is 6.42 Å². The Bertz CT molecular complexity index is 631. The lowest BCUT2D eigenvalue weighted by atomic mass is 10.2. The highest BCUT2D eigenvalue weighted by Crippen LogP contribution is 2.25. The summed E-state index contributed by atoms with van der Waals surface area (Å²) < 4.78 is 0. The third-order valence-electron chi connectivity index (χ3n) is 4.83. The summed E-state index contributed by atoms with van der Waals surface area (Å²) in [4.78, 5) is 19.0. The topological polar surface area (TPSA) is 47.0 Å². The Labute approximate surface area is 155 Å². The zero-order chi connectivity index (χ0) is 18.2. The van der Waals surface area contributed by atoms with Gasteiger partial charge >= 0.3 is 0 Å². The molecule has 0 aromatic heterocycles. The second-order valence-corrected chi connectivity index (χ2v) is 6.52.